The number of rotatable bonds is 0. The fraction of sp³-hybridized carbons (Fsp3) is 0.933. The smallest absolute Gasteiger partial charge is 0.136 e. The van der Waals surface area contributed by atoms with Crippen molar-refractivity contribution in [2.24, 2.45) is 28.6 Å². The van der Waals surface area contributed by atoms with Gasteiger partial charge >= 0.3 is 0 Å². The van der Waals surface area contributed by atoms with E-state index in [4.69, 9.17) is 0 Å². The topological polar surface area (TPSA) is 17.1 Å². The van der Waals surface area contributed by atoms with Crippen LogP contribution < -0.4 is 0 Å². The molecule has 2 aliphatic rings. The van der Waals surface area contributed by atoms with Crippen LogP contribution in [0.4, 0.5) is 0 Å². The lowest BCUT2D eigenvalue weighted by molar-refractivity contribution is -0.136. The van der Waals surface area contributed by atoms with Crippen LogP contribution in [0.15, 0.2) is 0 Å². The van der Waals surface area contributed by atoms with Gasteiger partial charge in [-0.05, 0) is 41.9 Å². The molecule has 0 heterocycles. The molecule has 3 atom stereocenters. The van der Waals surface area contributed by atoms with E-state index in [1.165, 1.54) is 12.8 Å². The Morgan fingerprint density at radius 1 is 1.00 bits per heavy atom. The van der Waals surface area contributed by atoms with Crippen LogP contribution in [0, 0.1) is 28.6 Å². The zero-order valence-electron chi connectivity index (χ0n) is 11.5. The summed E-state index contributed by atoms with van der Waals surface area (Å²) >= 11 is 0. The van der Waals surface area contributed by atoms with E-state index in [9.17, 15) is 4.79 Å². The normalized spacial score (nSPS) is 41.6. The first-order chi connectivity index (χ1) is 7.24. The molecule has 1 nitrogen and oxygen atoms in total. The average molecular weight is 222 g/mol. The van der Waals surface area contributed by atoms with E-state index in [1.807, 2.05) is 0 Å². The molecule has 2 rings (SSSR count). The lowest BCUT2D eigenvalue weighted by Gasteiger charge is -2.55. The maximum Gasteiger partial charge on any atom is 0.136 e. The molecule has 2 aliphatic carbocycles. The van der Waals surface area contributed by atoms with Gasteiger partial charge in [0, 0.05) is 12.3 Å². The summed E-state index contributed by atoms with van der Waals surface area (Å²) in [6.45, 7) is 11.7. The van der Waals surface area contributed by atoms with Gasteiger partial charge in [-0.25, -0.2) is 0 Å². The van der Waals surface area contributed by atoms with Crippen LogP contribution in [0.5, 0.6) is 0 Å². The SMILES string of the molecule is C[C@@H]1C[C@@H]2[C@H](CC1=O)C(C)(C)CCC2(C)C. The fourth-order valence-electron chi connectivity index (χ4n) is 3.94. The molecular weight excluding hydrogens is 196 g/mol. The van der Waals surface area contributed by atoms with Crippen molar-refractivity contribution in [3.05, 3.63) is 0 Å². The first-order valence-corrected chi connectivity index (χ1v) is 6.77. The second kappa shape index (κ2) is 3.58. The minimum Gasteiger partial charge on any atom is -0.299 e. The number of fused-ring (bicyclic) bond motifs is 1. The Morgan fingerprint density at radius 2 is 1.50 bits per heavy atom. The molecule has 0 aromatic carbocycles. The number of hydrogen-bond acceptors (Lipinski definition) is 1. The summed E-state index contributed by atoms with van der Waals surface area (Å²) in [7, 11) is 0. The van der Waals surface area contributed by atoms with Gasteiger partial charge in [-0.3, -0.25) is 4.79 Å². The summed E-state index contributed by atoms with van der Waals surface area (Å²) in [5.41, 5.74) is 0.811. The minimum absolute atomic E-state index is 0.300. The Morgan fingerprint density at radius 3 is 2.06 bits per heavy atom. The molecule has 0 spiro atoms. The van der Waals surface area contributed by atoms with Crippen molar-refractivity contribution >= 4 is 5.78 Å². The fourth-order valence-corrected chi connectivity index (χ4v) is 3.94. The Labute approximate surface area is 100.0 Å². The zero-order chi connectivity index (χ0) is 12.1. The van der Waals surface area contributed by atoms with E-state index >= 15 is 0 Å². The zero-order valence-corrected chi connectivity index (χ0v) is 11.5. The number of Topliss-reactive ketones (excluding diaryl/α,β-unsaturated/α-hetero) is 1. The molecule has 0 amide bonds. The van der Waals surface area contributed by atoms with E-state index < -0.39 is 0 Å². The Hall–Kier alpha value is -0.330. The largest absolute Gasteiger partial charge is 0.299 e. The summed E-state index contributed by atoms with van der Waals surface area (Å²) in [4.78, 5) is 11.9. The standard InChI is InChI=1S/C15H26O/c1-10-8-11-12(9-13(10)16)15(4,5)7-6-14(11,2)3/h10-12H,6-9H2,1-5H3/t10-,11-,12+/m1/s1. The van der Waals surface area contributed by atoms with E-state index in [0.717, 1.165) is 18.8 Å². The molecule has 0 bridgehead atoms. The average Bonchev–Trinajstić information content (AvgIpc) is 2.17. The molecule has 2 fully saturated rings. The van der Waals surface area contributed by atoms with Gasteiger partial charge in [0.2, 0.25) is 0 Å². The highest BCUT2D eigenvalue weighted by atomic mass is 16.1. The molecule has 0 aromatic rings. The predicted molar refractivity (Wildman–Crippen MR) is 67.2 cm³/mol. The van der Waals surface area contributed by atoms with Crippen LogP contribution in [0.3, 0.4) is 0 Å². The quantitative estimate of drug-likeness (QED) is 0.604. The lowest BCUT2D eigenvalue weighted by Crippen LogP contribution is -2.49. The maximum atomic E-state index is 11.9. The summed E-state index contributed by atoms with van der Waals surface area (Å²) in [6, 6.07) is 0. The molecule has 0 unspecified atom stereocenters. The molecule has 1 heteroatoms. The van der Waals surface area contributed by atoms with Gasteiger partial charge in [0.05, 0.1) is 0 Å². The van der Waals surface area contributed by atoms with Crippen LogP contribution >= 0.6 is 0 Å². The Bertz CT molecular complexity index is 301. The Kier molecular flexibility index (Phi) is 2.72. The van der Waals surface area contributed by atoms with Crippen LogP contribution in [0.1, 0.15) is 60.3 Å². The van der Waals surface area contributed by atoms with Gasteiger partial charge in [-0.1, -0.05) is 34.6 Å². The van der Waals surface area contributed by atoms with Crippen molar-refractivity contribution in [2.45, 2.75) is 60.3 Å². The van der Waals surface area contributed by atoms with E-state index in [1.54, 1.807) is 0 Å². The van der Waals surface area contributed by atoms with Crippen LogP contribution in [0.25, 0.3) is 0 Å². The molecule has 2 saturated carbocycles. The second-order valence-electron chi connectivity index (χ2n) is 7.50. The van der Waals surface area contributed by atoms with Gasteiger partial charge in [0.15, 0.2) is 0 Å². The first-order valence-electron chi connectivity index (χ1n) is 6.77. The molecule has 0 aromatic heterocycles. The molecule has 0 saturated heterocycles. The minimum atomic E-state index is 0.300. The van der Waals surface area contributed by atoms with Crippen LogP contribution in [0.2, 0.25) is 0 Å². The molecule has 0 aliphatic heterocycles. The van der Waals surface area contributed by atoms with Crippen molar-refractivity contribution in [1.82, 2.24) is 0 Å². The lowest BCUT2D eigenvalue weighted by atomic mass is 9.50. The summed E-state index contributed by atoms with van der Waals surface area (Å²) < 4.78 is 0. The van der Waals surface area contributed by atoms with Crippen molar-refractivity contribution < 1.29 is 4.79 Å². The molecule has 16 heavy (non-hydrogen) atoms. The summed E-state index contributed by atoms with van der Waals surface area (Å²) in [5.74, 6) is 2.19. The second-order valence-corrected chi connectivity index (χ2v) is 7.50. The molecular formula is C15H26O. The first kappa shape index (κ1) is 12.1. The van der Waals surface area contributed by atoms with Crippen molar-refractivity contribution in [2.75, 3.05) is 0 Å². The van der Waals surface area contributed by atoms with E-state index in [-0.39, 0.29) is 0 Å². The van der Waals surface area contributed by atoms with Crippen molar-refractivity contribution in [3.63, 3.8) is 0 Å². The molecule has 0 N–H and O–H groups in total. The van der Waals surface area contributed by atoms with Gasteiger partial charge < -0.3 is 0 Å². The summed E-state index contributed by atoms with van der Waals surface area (Å²) in [5, 5.41) is 0. The highest BCUT2D eigenvalue weighted by Gasteiger charge is 2.51. The third-order valence-corrected chi connectivity index (χ3v) is 5.49. The van der Waals surface area contributed by atoms with Gasteiger partial charge in [0.25, 0.3) is 0 Å². The number of hydrogen-bond donors (Lipinski definition) is 0. The third kappa shape index (κ3) is 1.83. The summed E-state index contributed by atoms with van der Waals surface area (Å²) in [6.07, 6.45) is 4.56. The van der Waals surface area contributed by atoms with Crippen molar-refractivity contribution in [1.29, 1.82) is 0 Å². The molecule has 92 valence electrons. The van der Waals surface area contributed by atoms with Crippen LogP contribution in [-0.4, -0.2) is 5.78 Å². The third-order valence-electron chi connectivity index (χ3n) is 5.49. The van der Waals surface area contributed by atoms with Crippen LogP contribution in [-0.2, 0) is 4.79 Å². The van der Waals surface area contributed by atoms with E-state index in [2.05, 4.69) is 34.6 Å². The highest BCUT2D eigenvalue weighted by Crippen LogP contribution is 2.57. The monoisotopic (exact) mass is 222 g/mol. The predicted octanol–water partition coefficient (Wildman–Crippen LogP) is 4.06. The highest BCUT2D eigenvalue weighted by molar-refractivity contribution is 5.81. The molecule has 0 radical (unpaired) electrons. The number of ketones is 1. The van der Waals surface area contributed by atoms with Gasteiger partial charge in [-0.15, -0.1) is 0 Å². The maximum absolute atomic E-state index is 11.9. The number of carbonyl (C=O) groups is 1. The van der Waals surface area contributed by atoms with E-state index in [0.29, 0.717) is 28.4 Å². The number of carbonyl (C=O) groups excluding carboxylic acids is 1. The van der Waals surface area contributed by atoms with Crippen molar-refractivity contribution in [3.8, 4) is 0 Å². The van der Waals surface area contributed by atoms with Gasteiger partial charge in [-0.2, -0.15) is 0 Å². The Balaban J connectivity index is 2.29. The van der Waals surface area contributed by atoms with Gasteiger partial charge in [0.1, 0.15) is 5.78 Å².